The van der Waals surface area contributed by atoms with E-state index in [1.54, 1.807) is 0 Å². The molecule has 1 aromatic carbocycles. The molecule has 1 aromatic rings. The second kappa shape index (κ2) is 4.37. The summed E-state index contributed by atoms with van der Waals surface area (Å²) in [7, 11) is 0. The molecule has 0 fully saturated rings. The van der Waals surface area contributed by atoms with E-state index < -0.39 is 12.0 Å². The van der Waals surface area contributed by atoms with Gasteiger partial charge in [-0.15, -0.1) is 0 Å². The van der Waals surface area contributed by atoms with Crippen LogP contribution in [0.4, 0.5) is 5.69 Å². The van der Waals surface area contributed by atoms with E-state index in [0.29, 0.717) is 12.6 Å². The zero-order valence-electron chi connectivity index (χ0n) is 10.1. The zero-order chi connectivity index (χ0) is 12.6. The smallest absolute Gasteiger partial charge is 0.321 e. The molecule has 0 spiro atoms. The molecule has 4 heteroatoms. The molecular formula is C13H18N2O2. The molecule has 3 N–H and O–H groups in total. The molecule has 1 heterocycles. The van der Waals surface area contributed by atoms with Crippen molar-refractivity contribution in [1.29, 1.82) is 0 Å². The van der Waals surface area contributed by atoms with Gasteiger partial charge in [0.25, 0.3) is 0 Å². The van der Waals surface area contributed by atoms with Crippen LogP contribution < -0.4 is 10.6 Å². The van der Waals surface area contributed by atoms with Gasteiger partial charge in [-0.3, -0.25) is 4.79 Å². The monoisotopic (exact) mass is 234 g/mol. The number of carboxylic acid groups (broad SMARTS) is 1. The lowest BCUT2D eigenvalue weighted by Gasteiger charge is -2.25. The van der Waals surface area contributed by atoms with E-state index in [4.69, 9.17) is 10.8 Å². The highest BCUT2D eigenvalue weighted by Crippen LogP contribution is 2.38. The summed E-state index contributed by atoms with van der Waals surface area (Å²) in [5.74, 6) is -1.05. The number of carboxylic acids is 1. The lowest BCUT2D eigenvalue weighted by atomic mass is 9.94. The van der Waals surface area contributed by atoms with Crippen LogP contribution in [0.3, 0.4) is 0 Å². The topological polar surface area (TPSA) is 66.6 Å². The molecule has 92 valence electrons. The number of hydrogen-bond donors (Lipinski definition) is 2. The third-order valence-electron chi connectivity index (χ3n) is 3.38. The Morgan fingerprint density at radius 1 is 1.47 bits per heavy atom. The molecule has 0 aromatic heterocycles. The Morgan fingerprint density at radius 3 is 2.71 bits per heavy atom. The predicted octanol–water partition coefficient (Wildman–Crippen LogP) is 1.41. The van der Waals surface area contributed by atoms with E-state index in [9.17, 15) is 4.79 Å². The van der Waals surface area contributed by atoms with Gasteiger partial charge in [0.05, 0.1) is 0 Å². The standard InChI is InChI=1S/C13H18N2O2/c1-8(2)15-7-10(12(14)13(16)17)9-5-3-4-6-11(9)15/h3-6,8,10,12H,7,14H2,1-2H3,(H,16,17). The maximum absolute atomic E-state index is 11.0. The molecule has 0 saturated heterocycles. The van der Waals surface area contributed by atoms with Crippen molar-refractivity contribution in [2.75, 3.05) is 11.4 Å². The maximum atomic E-state index is 11.0. The molecule has 1 aliphatic heterocycles. The first-order valence-corrected chi connectivity index (χ1v) is 5.86. The molecule has 0 amide bonds. The second-order valence-electron chi connectivity index (χ2n) is 4.78. The number of para-hydroxylation sites is 1. The first-order valence-electron chi connectivity index (χ1n) is 5.86. The summed E-state index contributed by atoms with van der Waals surface area (Å²) < 4.78 is 0. The molecule has 2 unspecified atom stereocenters. The van der Waals surface area contributed by atoms with Crippen LogP contribution in [0, 0.1) is 0 Å². The molecular weight excluding hydrogens is 216 g/mol. The Kier molecular flexibility index (Phi) is 3.07. The fraction of sp³-hybridized carbons (Fsp3) is 0.462. The molecule has 0 saturated carbocycles. The summed E-state index contributed by atoms with van der Waals surface area (Å²) in [6.07, 6.45) is 0. The minimum atomic E-state index is -0.935. The van der Waals surface area contributed by atoms with Gasteiger partial charge in [-0.25, -0.2) is 0 Å². The fourth-order valence-corrected chi connectivity index (χ4v) is 2.44. The molecule has 17 heavy (non-hydrogen) atoms. The average molecular weight is 234 g/mol. The normalized spacial score (nSPS) is 20.5. The number of nitrogens with zero attached hydrogens (tertiary/aromatic N) is 1. The molecule has 2 atom stereocenters. The third-order valence-corrected chi connectivity index (χ3v) is 3.38. The highest BCUT2D eigenvalue weighted by molar-refractivity contribution is 5.77. The lowest BCUT2D eigenvalue weighted by molar-refractivity contribution is -0.139. The van der Waals surface area contributed by atoms with E-state index in [-0.39, 0.29) is 5.92 Å². The minimum absolute atomic E-state index is 0.119. The van der Waals surface area contributed by atoms with E-state index in [0.717, 1.165) is 11.3 Å². The Bertz CT molecular complexity index is 431. The van der Waals surface area contributed by atoms with E-state index in [1.165, 1.54) is 0 Å². The van der Waals surface area contributed by atoms with Gasteiger partial charge in [-0.1, -0.05) is 18.2 Å². The summed E-state index contributed by atoms with van der Waals surface area (Å²) >= 11 is 0. The van der Waals surface area contributed by atoms with E-state index in [1.807, 2.05) is 24.3 Å². The quantitative estimate of drug-likeness (QED) is 0.830. The van der Waals surface area contributed by atoms with Crippen molar-refractivity contribution in [3.8, 4) is 0 Å². The molecule has 0 bridgehead atoms. The fourth-order valence-electron chi connectivity index (χ4n) is 2.44. The van der Waals surface area contributed by atoms with Crippen molar-refractivity contribution in [3.05, 3.63) is 29.8 Å². The maximum Gasteiger partial charge on any atom is 0.321 e. The second-order valence-corrected chi connectivity index (χ2v) is 4.78. The lowest BCUT2D eigenvalue weighted by Crippen LogP contribution is -2.40. The van der Waals surface area contributed by atoms with Gasteiger partial charge < -0.3 is 15.7 Å². The average Bonchev–Trinajstić information content (AvgIpc) is 2.67. The molecule has 0 aliphatic carbocycles. The van der Waals surface area contributed by atoms with Gasteiger partial charge in [0.2, 0.25) is 0 Å². The van der Waals surface area contributed by atoms with Crippen LogP contribution in [0.25, 0.3) is 0 Å². The van der Waals surface area contributed by atoms with Crippen LogP contribution in [0.2, 0.25) is 0 Å². The number of rotatable bonds is 3. The van der Waals surface area contributed by atoms with Crippen molar-refractivity contribution in [3.63, 3.8) is 0 Å². The molecule has 2 rings (SSSR count). The number of nitrogens with two attached hydrogens (primary N) is 1. The van der Waals surface area contributed by atoms with Gasteiger partial charge in [0.15, 0.2) is 0 Å². The van der Waals surface area contributed by atoms with Crippen LogP contribution in [-0.4, -0.2) is 29.7 Å². The van der Waals surface area contributed by atoms with Gasteiger partial charge in [-0.05, 0) is 25.5 Å². The van der Waals surface area contributed by atoms with Crippen molar-refractivity contribution in [2.24, 2.45) is 5.73 Å². The van der Waals surface area contributed by atoms with Crippen molar-refractivity contribution in [1.82, 2.24) is 0 Å². The van der Waals surface area contributed by atoms with Crippen LogP contribution in [0.5, 0.6) is 0 Å². The van der Waals surface area contributed by atoms with Crippen LogP contribution in [-0.2, 0) is 4.79 Å². The third kappa shape index (κ3) is 2.00. The molecule has 4 nitrogen and oxygen atoms in total. The summed E-state index contributed by atoms with van der Waals surface area (Å²) in [6, 6.07) is 7.43. The minimum Gasteiger partial charge on any atom is -0.480 e. The first kappa shape index (κ1) is 11.9. The number of benzene rings is 1. The van der Waals surface area contributed by atoms with Crippen LogP contribution in [0.1, 0.15) is 25.3 Å². The van der Waals surface area contributed by atoms with E-state index in [2.05, 4.69) is 18.7 Å². The number of fused-ring (bicyclic) bond motifs is 1. The summed E-state index contributed by atoms with van der Waals surface area (Å²) in [5, 5.41) is 9.05. The first-order chi connectivity index (χ1) is 8.02. The predicted molar refractivity (Wildman–Crippen MR) is 67.3 cm³/mol. The highest BCUT2D eigenvalue weighted by Gasteiger charge is 2.36. The van der Waals surface area contributed by atoms with Gasteiger partial charge in [-0.2, -0.15) is 0 Å². The van der Waals surface area contributed by atoms with Gasteiger partial charge >= 0.3 is 5.97 Å². The Balaban J connectivity index is 2.38. The Morgan fingerprint density at radius 2 is 2.12 bits per heavy atom. The Labute approximate surface area is 101 Å². The van der Waals surface area contributed by atoms with Gasteiger partial charge in [0.1, 0.15) is 6.04 Å². The number of aliphatic carboxylic acids is 1. The van der Waals surface area contributed by atoms with Crippen molar-refractivity contribution >= 4 is 11.7 Å². The number of anilines is 1. The number of hydrogen-bond acceptors (Lipinski definition) is 3. The summed E-state index contributed by atoms with van der Waals surface area (Å²) in [6.45, 7) is 4.89. The highest BCUT2D eigenvalue weighted by atomic mass is 16.4. The van der Waals surface area contributed by atoms with Crippen LogP contribution in [0.15, 0.2) is 24.3 Å². The number of carbonyl (C=O) groups is 1. The van der Waals surface area contributed by atoms with Gasteiger partial charge in [0, 0.05) is 24.2 Å². The molecule has 0 radical (unpaired) electrons. The summed E-state index contributed by atoms with van der Waals surface area (Å²) in [4.78, 5) is 13.2. The Hall–Kier alpha value is -1.55. The van der Waals surface area contributed by atoms with Crippen LogP contribution >= 0.6 is 0 Å². The van der Waals surface area contributed by atoms with E-state index >= 15 is 0 Å². The molecule has 1 aliphatic rings. The summed E-state index contributed by atoms with van der Waals surface area (Å²) in [5.41, 5.74) is 7.94. The zero-order valence-corrected chi connectivity index (χ0v) is 10.1. The SMILES string of the molecule is CC(C)N1CC(C(N)C(=O)O)c2ccccc21. The van der Waals surface area contributed by atoms with Crippen molar-refractivity contribution in [2.45, 2.75) is 31.8 Å². The largest absolute Gasteiger partial charge is 0.480 e. The van der Waals surface area contributed by atoms with Crippen molar-refractivity contribution < 1.29 is 9.90 Å².